The van der Waals surface area contributed by atoms with Crippen molar-refractivity contribution in [3.8, 4) is 6.07 Å². The SMILES string of the molecule is CC.CCC1=CC=CC(C)(C#N)C=C1. The fourth-order valence-corrected chi connectivity index (χ4v) is 1.07. The van der Waals surface area contributed by atoms with Gasteiger partial charge in [0.25, 0.3) is 0 Å². The van der Waals surface area contributed by atoms with Crippen LogP contribution in [-0.2, 0) is 0 Å². The predicted octanol–water partition coefficient (Wildman–Crippen LogP) is 4.00. The zero-order valence-corrected chi connectivity index (χ0v) is 9.54. The average Bonchev–Trinajstić information content (AvgIpc) is 2.44. The van der Waals surface area contributed by atoms with Crippen molar-refractivity contribution in [2.24, 2.45) is 5.41 Å². The van der Waals surface area contributed by atoms with Crippen LogP contribution >= 0.6 is 0 Å². The fourth-order valence-electron chi connectivity index (χ4n) is 1.07. The van der Waals surface area contributed by atoms with Crippen LogP contribution in [0.4, 0.5) is 0 Å². The summed E-state index contributed by atoms with van der Waals surface area (Å²) in [5.74, 6) is 0. The quantitative estimate of drug-likeness (QED) is 0.611. The molecular formula is C13H19N. The summed E-state index contributed by atoms with van der Waals surface area (Å²) in [7, 11) is 0. The summed E-state index contributed by atoms with van der Waals surface area (Å²) in [4.78, 5) is 0. The maximum Gasteiger partial charge on any atom is 0.0911 e. The second kappa shape index (κ2) is 6.21. The molecule has 0 radical (unpaired) electrons. The van der Waals surface area contributed by atoms with Crippen LogP contribution in [0, 0.1) is 16.7 Å². The highest BCUT2D eigenvalue weighted by Gasteiger charge is 2.16. The van der Waals surface area contributed by atoms with Gasteiger partial charge in [-0.3, -0.25) is 0 Å². The van der Waals surface area contributed by atoms with Gasteiger partial charge in [0.05, 0.1) is 11.5 Å². The lowest BCUT2D eigenvalue weighted by Gasteiger charge is -2.08. The van der Waals surface area contributed by atoms with Crippen LogP contribution in [0.5, 0.6) is 0 Å². The monoisotopic (exact) mass is 189 g/mol. The highest BCUT2D eigenvalue weighted by atomic mass is 14.3. The van der Waals surface area contributed by atoms with Gasteiger partial charge in [-0.2, -0.15) is 5.26 Å². The van der Waals surface area contributed by atoms with E-state index in [0.29, 0.717) is 0 Å². The van der Waals surface area contributed by atoms with Gasteiger partial charge in [0.15, 0.2) is 0 Å². The van der Waals surface area contributed by atoms with Crippen molar-refractivity contribution in [3.63, 3.8) is 0 Å². The van der Waals surface area contributed by atoms with E-state index in [9.17, 15) is 0 Å². The number of nitrogens with zero attached hydrogens (tertiary/aromatic N) is 1. The molecule has 1 unspecified atom stereocenters. The first-order valence-corrected chi connectivity index (χ1v) is 5.19. The average molecular weight is 189 g/mol. The number of nitriles is 1. The summed E-state index contributed by atoms with van der Waals surface area (Å²) < 4.78 is 0. The van der Waals surface area contributed by atoms with Crippen molar-refractivity contribution in [2.45, 2.75) is 34.1 Å². The lowest BCUT2D eigenvalue weighted by atomic mass is 9.92. The lowest BCUT2D eigenvalue weighted by Crippen LogP contribution is -2.04. The topological polar surface area (TPSA) is 23.8 Å². The van der Waals surface area contributed by atoms with Crippen molar-refractivity contribution in [1.29, 1.82) is 5.26 Å². The third-order valence-corrected chi connectivity index (χ3v) is 2.05. The minimum Gasteiger partial charge on any atom is -0.197 e. The van der Waals surface area contributed by atoms with E-state index in [1.165, 1.54) is 5.57 Å². The Morgan fingerprint density at radius 3 is 2.50 bits per heavy atom. The van der Waals surface area contributed by atoms with E-state index in [0.717, 1.165) is 6.42 Å². The summed E-state index contributed by atoms with van der Waals surface area (Å²) in [6, 6.07) is 2.26. The van der Waals surface area contributed by atoms with E-state index >= 15 is 0 Å². The Balaban J connectivity index is 0.000000791. The molecule has 0 saturated carbocycles. The molecule has 0 heterocycles. The second-order valence-corrected chi connectivity index (χ2v) is 3.18. The van der Waals surface area contributed by atoms with Gasteiger partial charge in [-0.05, 0) is 18.9 Å². The Labute approximate surface area is 87.4 Å². The number of hydrogen-bond acceptors (Lipinski definition) is 1. The van der Waals surface area contributed by atoms with Gasteiger partial charge in [0, 0.05) is 0 Å². The van der Waals surface area contributed by atoms with E-state index in [4.69, 9.17) is 5.26 Å². The Morgan fingerprint density at radius 1 is 1.36 bits per heavy atom. The third-order valence-electron chi connectivity index (χ3n) is 2.05. The highest BCUT2D eigenvalue weighted by molar-refractivity contribution is 5.34. The van der Waals surface area contributed by atoms with Crippen molar-refractivity contribution in [3.05, 3.63) is 36.0 Å². The molecular weight excluding hydrogens is 170 g/mol. The molecule has 0 aromatic carbocycles. The summed E-state index contributed by atoms with van der Waals surface area (Å²) >= 11 is 0. The standard InChI is InChI=1S/C11H13N.C2H6/c1-3-10-5-4-7-11(2,9-12)8-6-10;1-2/h4-8H,3H2,1-2H3;1-2H3. The molecule has 1 heteroatoms. The fraction of sp³-hybridized carbons (Fsp3) is 0.462. The lowest BCUT2D eigenvalue weighted by molar-refractivity contribution is 0.736. The Morgan fingerprint density at radius 2 is 2.00 bits per heavy atom. The van der Waals surface area contributed by atoms with Crippen LogP contribution < -0.4 is 0 Å². The van der Waals surface area contributed by atoms with Crippen LogP contribution in [0.3, 0.4) is 0 Å². The van der Waals surface area contributed by atoms with Gasteiger partial charge in [0.2, 0.25) is 0 Å². The molecule has 1 aliphatic carbocycles. The molecule has 1 rings (SSSR count). The van der Waals surface area contributed by atoms with Gasteiger partial charge < -0.3 is 0 Å². The maximum absolute atomic E-state index is 8.86. The van der Waals surface area contributed by atoms with Gasteiger partial charge in [-0.1, -0.05) is 51.2 Å². The van der Waals surface area contributed by atoms with Crippen LogP contribution in [0.25, 0.3) is 0 Å². The third kappa shape index (κ3) is 3.62. The smallest absolute Gasteiger partial charge is 0.0911 e. The molecule has 1 atom stereocenters. The van der Waals surface area contributed by atoms with Crippen LogP contribution in [-0.4, -0.2) is 0 Å². The normalized spacial score (nSPS) is 24.1. The van der Waals surface area contributed by atoms with Crippen molar-refractivity contribution >= 4 is 0 Å². The number of allylic oxidation sites excluding steroid dienone is 6. The van der Waals surface area contributed by atoms with Crippen molar-refractivity contribution < 1.29 is 0 Å². The minimum atomic E-state index is -0.423. The molecule has 14 heavy (non-hydrogen) atoms. The minimum absolute atomic E-state index is 0.423. The van der Waals surface area contributed by atoms with Gasteiger partial charge in [-0.15, -0.1) is 0 Å². The van der Waals surface area contributed by atoms with E-state index in [1.54, 1.807) is 0 Å². The molecule has 0 amide bonds. The molecule has 1 aliphatic rings. The van der Waals surface area contributed by atoms with Gasteiger partial charge in [-0.25, -0.2) is 0 Å². The Bertz CT molecular complexity index is 289. The molecule has 0 aromatic rings. The molecule has 0 aliphatic heterocycles. The molecule has 0 saturated heterocycles. The second-order valence-electron chi connectivity index (χ2n) is 3.18. The maximum atomic E-state index is 8.86. The zero-order chi connectivity index (χ0) is 11.0. The van der Waals surface area contributed by atoms with Crippen molar-refractivity contribution in [1.82, 2.24) is 0 Å². The molecule has 76 valence electrons. The number of hydrogen-bond donors (Lipinski definition) is 0. The molecule has 1 nitrogen and oxygen atoms in total. The van der Waals surface area contributed by atoms with Crippen molar-refractivity contribution in [2.75, 3.05) is 0 Å². The molecule has 0 fully saturated rings. The zero-order valence-electron chi connectivity index (χ0n) is 9.54. The molecule has 0 bridgehead atoms. The summed E-state index contributed by atoms with van der Waals surface area (Å²) in [6.45, 7) is 8.02. The van der Waals surface area contributed by atoms with Gasteiger partial charge in [0.1, 0.15) is 0 Å². The van der Waals surface area contributed by atoms with Crippen LogP contribution in [0.2, 0.25) is 0 Å². The van der Waals surface area contributed by atoms with E-state index in [-0.39, 0.29) is 0 Å². The molecule has 0 aromatic heterocycles. The highest BCUT2D eigenvalue weighted by Crippen LogP contribution is 2.23. The molecule has 0 spiro atoms. The summed E-state index contributed by atoms with van der Waals surface area (Å²) in [6.07, 6.45) is 10.9. The first kappa shape index (κ1) is 12.7. The van der Waals surface area contributed by atoms with Crippen LogP contribution in [0.15, 0.2) is 36.0 Å². The largest absolute Gasteiger partial charge is 0.197 e. The summed E-state index contributed by atoms with van der Waals surface area (Å²) in [5.41, 5.74) is 0.846. The van der Waals surface area contributed by atoms with E-state index < -0.39 is 5.41 Å². The Kier molecular flexibility index (Phi) is 5.64. The van der Waals surface area contributed by atoms with Gasteiger partial charge >= 0.3 is 0 Å². The number of rotatable bonds is 1. The predicted molar refractivity (Wildman–Crippen MR) is 61.7 cm³/mol. The summed E-state index contributed by atoms with van der Waals surface area (Å²) in [5, 5.41) is 8.86. The van der Waals surface area contributed by atoms with Crippen LogP contribution in [0.1, 0.15) is 34.1 Å². The molecule has 0 N–H and O–H groups in total. The first-order chi connectivity index (χ1) is 6.70. The first-order valence-electron chi connectivity index (χ1n) is 5.19. The Hall–Kier alpha value is -1.29. The van der Waals surface area contributed by atoms with E-state index in [2.05, 4.69) is 19.1 Å². The van der Waals surface area contributed by atoms with E-state index in [1.807, 2.05) is 45.1 Å².